The van der Waals surface area contributed by atoms with Gasteiger partial charge in [0.2, 0.25) is 0 Å². The highest BCUT2D eigenvalue weighted by Gasteiger charge is 2.10. The summed E-state index contributed by atoms with van der Waals surface area (Å²) < 4.78 is 30.0. The first-order valence-electron chi connectivity index (χ1n) is 5.33. The van der Waals surface area contributed by atoms with E-state index in [9.17, 15) is 8.78 Å². The predicted molar refractivity (Wildman–Crippen MR) is 70.0 cm³/mol. The number of anilines is 1. The molecule has 1 N–H and O–H groups in total. The third-order valence-electron chi connectivity index (χ3n) is 2.15. The van der Waals surface area contributed by atoms with E-state index in [0.717, 1.165) is 23.3 Å². The van der Waals surface area contributed by atoms with Crippen molar-refractivity contribution in [3.63, 3.8) is 0 Å². The van der Waals surface area contributed by atoms with Crippen molar-refractivity contribution in [2.75, 3.05) is 11.9 Å². The normalized spacial score (nSPS) is 10.6. The van der Waals surface area contributed by atoms with E-state index in [1.807, 2.05) is 6.92 Å². The van der Waals surface area contributed by atoms with Crippen molar-refractivity contribution in [1.82, 2.24) is 9.59 Å². The van der Waals surface area contributed by atoms with Gasteiger partial charge in [0, 0.05) is 34.8 Å². The molecule has 0 amide bonds. The van der Waals surface area contributed by atoms with Crippen LogP contribution < -0.4 is 5.32 Å². The number of nitrogens with zero attached hydrogens (tertiary/aromatic N) is 2. The summed E-state index contributed by atoms with van der Waals surface area (Å²) in [5.41, 5.74) is 0.788. The van der Waals surface area contributed by atoms with E-state index < -0.39 is 11.6 Å². The van der Waals surface area contributed by atoms with Gasteiger partial charge >= 0.3 is 0 Å². The number of rotatable bonds is 5. The first-order chi connectivity index (χ1) is 8.70. The van der Waals surface area contributed by atoms with Crippen LogP contribution in [0.2, 0.25) is 0 Å². The van der Waals surface area contributed by atoms with Gasteiger partial charge in [0.1, 0.15) is 22.3 Å². The van der Waals surface area contributed by atoms with Gasteiger partial charge in [-0.15, -0.1) is 16.9 Å². The molecular formula is C11H11F2N3S2. The minimum Gasteiger partial charge on any atom is -0.374 e. The van der Waals surface area contributed by atoms with E-state index >= 15 is 0 Å². The Morgan fingerprint density at radius 1 is 1.39 bits per heavy atom. The summed E-state index contributed by atoms with van der Waals surface area (Å²) in [6.45, 7) is 2.77. The summed E-state index contributed by atoms with van der Waals surface area (Å²) in [4.78, 5) is 0.409. The highest BCUT2D eigenvalue weighted by molar-refractivity contribution is 7.98. The third kappa shape index (κ3) is 3.17. The smallest absolute Gasteiger partial charge is 0.139 e. The molecule has 0 bridgehead atoms. The van der Waals surface area contributed by atoms with Crippen LogP contribution in [0, 0.1) is 11.6 Å². The van der Waals surface area contributed by atoms with E-state index in [2.05, 4.69) is 14.9 Å². The Hall–Kier alpha value is -1.21. The Morgan fingerprint density at radius 3 is 2.94 bits per heavy atom. The quantitative estimate of drug-likeness (QED) is 0.854. The van der Waals surface area contributed by atoms with E-state index in [1.54, 1.807) is 0 Å². The second-order valence-electron chi connectivity index (χ2n) is 3.44. The molecule has 0 saturated heterocycles. The number of halogens is 2. The van der Waals surface area contributed by atoms with Gasteiger partial charge in [0.25, 0.3) is 0 Å². The molecule has 0 aliphatic heterocycles. The maximum Gasteiger partial charge on any atom is 0.139 e. The second-order valence-corrected chi connectivity index (χ2v) is 5.21. The second kappa shape index (κ2) is 6.10. The van der Waals surface area contributed by atoms with Crippen molar-refractivity contribution in [3.8, 4) is 0 Å². The lowest BCUT2D eigenvalue weighted by Gasteiger charge is -2.03. The highest BCUT2D eigenvalue weighted by Crippen LogP contribution is 2.29. The van der Waals surface area contributed by atoms with Crippen LogP contribution in [-0.2, 0) is 5.75 Å². The molecule has 0 saturated carbocycles. The van der Waals surface area contributed by atoms with Gasteiger partial charge in [-0.2, -0.15) is 0 Å². The maximum absolute atomic E-state index is 13.4. The molecule has 18 heavy (non-hydrogen) atoms. The third-order valence-corrected chi connectivity index (χ3v) is 3.94. The molecule has 0 radical (unpaired) electrons. The van der Waals surface area contributed by atoms with Crippen molar-refractivity contribution in [2.24, 2.45) is 0 Å². The summed E-state index contributed by atoms with van der Waals surface area (Å²) in [7, 11) is 0. The SMILES string of the molecule is CCNc1snnc1CSc1ccc(F)cc1F. The molecule has 7 heteroatoms. The van der Waals surface area contributed by atoms with E-state index in [-0.39, 0.29) is 0 Å². The Kier molecular flexibility index (Phi) is 4.48. The molecule has 96 valence electrons. The van der Waals surface area contributed by atoms with Crippen LogP contribution in [0.25, 0.3) is 0 Å². The number of hydrogen-bond donors (Lipinski definition) is 1. The fraction of sp³-hybridized carbons (Fsp3) is 0.273. The molecule has 3 nitrogen and oxygen atoms in total. The van der Waals surface area contributed by atoms with Crippen LogP contribution in [0.4, 0.5) is 13.8 Å². The zero-order valence-electron chi connectivity index (χ0n) is 9.61. The van der Waals surface area contributed by atoms with Crippen molar-refractivity contribution >= 4 is 28.3 Å². The van der Waals surface area contributed by atoms with Gasteiger partial charge in [-0.25, -0.2) is 8.78 Å². The molecule has 2 rings (SSSR count). The molecule has 2 aromatic rings. The molecular weight excluding hydrogens is 276 g/mol. The average molecular weight is 287 g/mol. The van der Waals surface area contributed by atoms with Gasteiger partial charge in [0.15, 0.2) is 0 Å². The van der Waals surface area contributed by atoms with Crippen LogP contribution in [0.3, 0.4) is 0 Å². The average Bonchev–Trinajstić information content (AvgIpc) is 2.76. The number of nitrogens with one attached hydrogen (secondary N) is 1. The van der Waals surface area contributed by atoms with Crippen LogP contribution in [0.15, 0.2) is 23.1 Å². The van der Waals surface area contributed by atoms with E-state index in [0.29, 0.717) is 10.6 Å². The van der Waals surface area contributed by atoms with Crippen molar-refractivity contribution < 1.29 is 8.78 Å². The topological polar surface area (TPSA) is 37.8 Å². The Labute approximate surface area is 112 Å². The highest BCUT2D eigenvalue weighted by atomic mass is 32.2. The minimum absolute atomic E-state index is 0.409. The lowest BCUT2D eigenvalue weighted by Crippen LogP contribution is -1.97. The molecule has 0 spiro atoms. The summed E-state index contributed by atoms with van der Waals surface area (Å²) >= 11 is 2.55. The molecule has 1 heterocycles. The Balaban J connectivity index is 2.04. The molecule has 1 aromatic heterocycles. The Morgan fingerprint density at radius 2 is 2.22 bits per heavy atom. The Bertz CT molecular complexity index is 531. The fourth-order valence-electron chi connectivity index (χ4n) is 1.34. The van der Waals surface area contributed by atoms with Crippen molar-refractivity contribution in [3.05, 3.63) is 35.5 Å². The number of benzene rings is 1. The summed E-state index contributed by atoms with van der Waals surface area (Å²) in [5, 5.41) is 8.02. The lowest BCUT2D eigenvalue weighted by atomic mass is 10.3. The van der Waals surface area contributed by atoms with Gasteiger partial charge < -0.3 is 5.32 Å². The van der Waals surface area contributed by atoms with Gasteiger partial charge in [-0.05, 0) is 19.1 Å². The lowest BCUT2D eigenvalue weighted by molar-refractivity contribution is 0.565. The molecule has 0 atom stereocenters. The number of thioether (sulfide) groups is 1. The first kappa shape index (κ1) is 13.2. The number of aromatic nitrogens is 2. The maximum atomic E-state index is 13.4. The molecule has 1 aromatic carbocycles. The number of hydrogen-bond acceptors (Lipinski definition) is 5. The van der Waals surface area contributed by atoms with Crippen molar-refractivity contribution in [1.29, 1.82) is 0 Å². The largest absolute Gasteiger partial charge is 0.374 e. The van der Waals surface area contributed by atoms with Gasteiger partial charge in [-0.1, -0.05) is 4.49 Å². The van der Waals surface area contributed by atoms with Gasteiger partial charge in [-0.3, -0.25) is 0 Å². The summed E-state index contributed by atoms with van der Waals surface area (Å²) in [6, 6.07) is 3.56. The summed E-state index contributed by atoms with van der Waals surface area (Å²) in [5.74, 6) is -0.616. The molecule has 0 fully saturated rings. The molecule has 0 unspecified atom stereocenters. The first-order valence-corrected chi connectivity index (χ1v) is 7.09. The van der Waals surface area contributed by atoms with Crippen LogP contribution in [0.1, 0.15) is 12.6 Å². The zero-order chi connectivity index (χ0) is 13.0. The van der Waals surface area contributed by atoms with Crippen LogP contribution >= 0.6 is 23.3 Å². The predicted octanol–water partition coefficient (Wildman–Crippen LogP) is 3.54. The molecule has 0 aliphatic rings. The minimum atomic E-state index is -0.569. The summed E-state index contributed by atoms with van der Waals surface area (Å²) in [6.07, 6.45) is 0. The monoisotopic (exact) mass is 287 g/mol. The van der Waals surface area contributed by atoms with E-state index in [4.69, 9.17) is 0 Å². The molecule has 0 aliphatic carbocycles. The van der Waals surface area contributed by atoms with E-state index in [1.165, 1.54) is 35.4 Å². The zero-order valence-corrected chi connectivity index (χ0v) is 11.2. The van der Waals surface area contributed by atoms with Crippen LogP contribution in [-0.4, -0.2) is 16.1 Å². The van der Waals surface area contributed by atoms with Gasteiger partial charge in [0.05, 0.1) is 0 Å². The van der Waals surface area contributed by atoms with Crippen molar-refractivity contribution in [2.45, 2.75) is 17.6 Å². The van der Waals surface area contributed by atoms with Crippen LogP contribution in [0.5, 0.6) is 0 Å². The standard InChI is InChI=1S/C11H11F2N3S2/c1-2-14-11-9(15-16-18-11)6-17-10-4-3-7(12)5-8(10)13/h3-5,14H,2,6H2,1H3. The fourth-order valence-corrected chi connectivity index (χ4v) is 2.93.